The average Bonchev–Trinajstić information content (AvgIpc) is 3.06. The molecule has 8 heteroatoms. The number of aryl methyl sites for hydroxylation is 1. The van der Waals surface area contributed by atoms with Crippen molar-refractivity contribution < 1.29 is 8.42 Å². The number of nitrogens with zero attached hydrogens (tertiary/aromatic N) is 3. The molecule has 1 aromatic carbocycles. The zero-order valence-corrected chi connectivity index (χ0v) is 20.4. The van der Waals surface area contributed by atoms with Gasteiger partial charge in [0.1, 0.15) is 5.82 Å². The number of fused-ring (bicyclic) bond motifs is 1. The molecule has 2 aromatic rings. The van der Waals surface area contributed by atoms with Crippen LogP contribution >= 0.6 is 11.6 Å². The van der Waals surface area contributed by atoms with Crippen molar-refractivity contribution in [2.45, 2.75) is 56.3 Å². The second-order valence-corrected chi connectivity index (χ2v) is 11.4. The second kappa shape index (κ2) is 8.05. The lowest BCUT2D eigenvalue weighted by Crippen LogP contribution is -2.27. The van der Waals surface area contributed by atoms with Crippen LogP contribution in [-0.4, -0.2) is 35.8 Å². The molecule has 0 spiro atoms. The van der Waals surface area contributed by atoms with E-state index < -0.39 is 10.0 Å². The average molecular weight is 471 g/mol. The summed E-state index contributed by atoms with van der Waals surface area (Å²) in [7, 11) is -3.80. The first-order valence-corrected chi connectivity index (χ1v) is 12.4. The van der Waals surface area contributed by atoms with Gasteiger partial charge in [0.05, 0.1) is 27.7 Å². The summed E-state index contributed by atoms with van der Waals surface area (Å²) in [6.45, 7) is 10.1. The van der Waals surface area contributed by atoms with Crippen molar-refractivity contribution in [2.24, 2.45) is 4.99 Å². The fraction of sp³-hybridized carbons (Fsp3) is 0.333. The van der Waals surface area contributed by atoms with Crippen molar-refractivity contribution in [2.75, 3.05) is 4.72 Å². The summed E-state index contributed by atoms with van der Waals surface area (Å²) >= 11 is 6.46. The normalized spacial score (nSPS) is 20.9. The van der Waals surface area contributed by atoms with Gasteiger partial charge < -0.3 is 0 Å². The van der Waals surface area contributed by atoms with Gasteiger partial charge in [0.25, 0.3) is 10.0 Å². The van der Waals surface area contributed by atoms with Gasteiger partial charge in [-0.2, -0.15) is 5.10 Å². The first-order valence-electron chi connectivity index (χ1n) is 10.4. The van der Waals surface area contributed by atoms with Crippen LogP contribution in [0.4, 0.5) is 5.82 Å². The van der Waals surface area contributed by atoms with E-state index in [9.17, 15) is 8.42 Å². The van der Waals surface area contributed by atoms with Gasteiger partial charge in [-0.15, -0.1) is 11.6 Å². The molecule has 1 N–H and O–H groups in total. The third kappa shape index (κ3) is 4.32. The highest BCUT2D eigenvalue weighted by Gasteiger charge is 2.29. The summed E-state index contributed by atoms with van der Waals surface area (Å²) in [5, 5.41) is 4.29. The van der Waals surface area contributed by atoms with E-state index in [0.29, 0.717) is 11.5 Å². The molecule has 2 atom stereocenters. The lowest BCUT2D eigenvalue weighted by molar-refractivity contribution is 0.587. The van der Waals surface area contributed by atoms with Crippen molar-refractivity contribution in [3.63, 3.8) is 0 Å². The van der Waals surface area contributed by atoms with E-state index in [2.05, 4.69) is 35.6 Å². The van der Waals surface area contributed by atoms with Gasteiger partial charge in [-0.3, -0.25) is 9.71 Å². The molecule has 0 radical (unpaired) electrons. The molecule has 0 amide bonds. The fourth-order valence-corrected chi connectivity index (χ4v) is 5.10. The largest absolute Gasteiger partial charge is 0.283 e. The molecule has 2 heterocycles. The van der Waals surface area contributed by atoms with Crippen LogP contribution in [0, 0.1) is 6.92 Å². The van der Waals surface area contributed by atoms with E-state index >= 15 is 0 Å². The molecule has 0 bridgehead atoms. The number of halogens is 1. The molecule has 2 unspecified atom stereocenters. The number of hydrogen-bond acceptors (Lipinski definition) is 4. The monoisotopic (exact) mass is 470 g/mol. The summed E-state index contributed by atoms with van der Waals surface area (Å²) < 4.78 is 30.6. The van der Waals surface area contributed by atoms with Crippen LogP contribution in [0.1, 0.15) is 39.0 Å². The number of anilines is 1. The van der Waals surface area contributed by atoms with Crippen LogP contribution in [0.3, 0.4) is 0 Å². The maximum Gasteiger partial charge on any atom is 0.263 e. The number of aliphatic imine (C=N–C) groups is 1. The molecule has 1 aliphatic heterocycles. The highest BCUT2D eigenvalue weighted by atomic mass is 35.5. The van der Waals surface area contributed by atoms with Crippen LogP contribution in [-0.2, 0) is 15.4 Å². The standard InChI is InChI=1S/C24H27ClN4O2S/c1-15-12-19-21(11-10-20(25)23(19)26-14-15)29-22(13-16(2)27-29)28-32(30,31)18-8-6-17(7-9-18)24(3,4)5/h6-14,20,23,28H,1-5H3. The quantitative estimate of drug-likeness (QED) is 0.633. The van der Waals surface area contributed by atoms with Gasteiger partial charge in [-0.05, 0) is 48.6 Å². The lowest BCUT2D eigenvalue weighted by atomic mass is 9.87. The minimum atomic E-state index is -3.80. The molecule has 6 nitrogen and oxygen atoms in total. The third-order valence-corrected chi connectivity index (χ3v) is 7.26. The maximum absolute atomic E-state index is 13.2. The Balaban J connectivity index is 1.73. The predicted octanol–water partition coefficient (Wildman–Crippen LogP) is 5.08. The lowest BCUT2D eigenvalue weighted by Gasteiger charge is -2.27. The highest BCUT2D eigenvalue weighted by molar-refractivity contribution is 7.92. The Morgan fingerprint density at radius 3 is 2.47 bits per heavy atom. The Bertz CT molecular complexity index is 1280. The Morgan fingerprint density at radius 1 is 1.12 bits per heavy atom. The van der Waals surface area contributed by atoms with E-state index in [4.69, 9.17) is 11.6 Å². The van der Waals surface area contributed by atoms with Crippen molar-refractivity contribution >= 4 is 39.4 Å². The van der Waals surface area contributed by atoms with Crippen LogP contribution in [0.5, 0.6) is 0 Å². The second-order valence-electron chi connectivity index (χ2n) is 9.22. The highest BCUT2D eigenvalue weighted by Crippen LogP contribution is 2.34. The molecule has 0 saturated carbocycles. The molecule has 4 rings (SSSR count). The number of benzene rings is 1. The number of nitrogens with one attached hydrogen (secondary N) is 1. The van der Waals surface area contributed by atoms with Crippen molar-refractivity contribution in [3.05, 3.63) is 71.0 Å². The molecule has 2 aliphatic rings. The van der Waals surface area contributed by atoms with Gasteiger partial charge in [0.2, 0.25) is 0 Å². The van der Waals surface area contributed by atoms with E-state index in [1.165, 1.54) is 0 Å². The first-order chi connectivity index (χ1) is 15.0. The summed E-state index contributed by atoms with van der Waals surface area (Å²) in [4.78, 5) is 4.76. The van der Waals surface area contributed by atoms with Crippen LogP contribution in [0.25, 0.3) is 5.70 Å². The Labute approximate surface area is 194 Å². The van der Waals surface area contributed by atoms with E-state index in [-0.39, 0.29) is 21.7 Å². The molecular weight excluding hydrogens is 444 g/mol. The van der Waals surface area contributed by atoms with Gasteiger partial charge >= 0.3 is 0 Å². The maximum atomic E-state index is 13.2. The molecule has 32 heavy (non-hydrogen) atoms. The minimum absolute atomic E-state index is 0.0580. The van der Waals surface area contributed by atoms with Crippen LogP contribution in [0.15, 0.2) is 69.6 Å². The molecule has 168 valence electrons. The third-order valence-electron chi connectivity index (χ3n) is 5.51. The predicted molar refractivity (Wildman–Crippen MR) is 131 cm³/mol. The van der Waals surface area contributed by atoms with Crippen LogP contribution in [0.2, 0.25) is 0 Å². The van der Waals surface area contributed by atoms with Gasteiger partial charge in [0, 0.05) is 17.9 Å². The van der Waals surface area contributed by atoms with Gasteiger partial charge in [-0.25, -0.2) is 13.1 Å². The van der Waals surface area contributed by atoms with E-state index in [0.717, 1.165) is 22.4 Å². The summed E-state index contributed by atoms with van der Waals surface area (Å²) in [5.74, 6) is 0.363. The number of alkyl halides is 1. The summed E-state index contributed by atoms with van der Waals surface area (Å²) in [6.07, 6.45) is 7.56. The fourth-order valence-electron chi connectivity index (χ4n) is 3.79. The van der Waals surface area contributed by atoms with Crippen LogP contribution < -0.4 is 4.72 Å². The number of rotatable bonds is 4. The van der Waals surface area contributed by atoms with Crippen molar-refractivity contribution in [3.8, 4) is 0 Å². The Hall–Kier alpha value is -2.64. The zero-order chi connectivity index (χ0) is 23.3. The molecule has 1 aliphatic carbocycles. The smallest absolute Gasteiger partial charge is 0.263 e. The molecule has 0 fully saturated rings. The zero-order valence-electron chi connectivity index (χ0n) is 18.8. The van der Waals surface area contributed by atoms with Gasteiger partial charge in [-0.1, -0.05) is 45.1 Å². The van der Waals surface area contributed by atoms with Crippen molar-refractivity contribution in [1.29, 1.82) is 0 Å². The Morgan fingerprint density at radius 2 is 1.81 bits per heavy atom. The molecule has 1 aromatic heterocycles. The molecule has 0 saturated heterocycles. The Kier molecular flexibility index (Phi) is 5.67. The topological polar surface area (TPSA) is 76.3 Å². The number of hydrogen-bond donors (Lipinski definition) is 1. The number of sulfonamides is 1. The van der Waals surface area contributed by atoms with E-state index in [1.54, 1.807) is 29.1 Å². The number of aromatic nitrogens is 2. The first kappa shape index (κ1) is 22.6. The summed E-state index contributed by atoms with van der Waals surface area (Å²) in [5.41, 5.74) is 4.35. The summed E-state index contributed by atoms with van der Waals surface area (Å²) in [6, 6.07) is 8.45. The van der Waals surface area contributed by atoms with E-state index in [1.807, 2.05) is 44.2 Å². The minimum Gasteiger partial charge on any atom is -0.283 e. The van der Waals surface area contributed by atoms with Gasteiger partial charge in [0.15, 0.2) is 0 Å². The number of allylic oxidation sites excluding steroid dienone is 3. The molecular formula is C24H27ClN4O2S. The van der Waals surface area contributed by atoms with Crippen molar-refractivity contribution in [1.82, 2.24) is 9.78 Å². The number of dihydropyridines is 1. The SMILES string of the molecule is CC1=CC2=C(n3nc(C)cc3NS(=O)(=O)c3ccc(C(C)(C)C)cc3)C=CC(Cl)C2N=C1.